The molecule has 3 aromatic rings. The largest absolute Gasteiger partial charge is 0.263 e. The number of amides is 1. The third kappa shape index (κ3) is 2.05. The summed E-state index contributed by atoms with van der Waals surface area (Å²) in [6, 6.07) is 9.39. The first-order valence-electron chi connectivity index (χ1n) is 5.85. The van der Waals surface area contributed by atoms with Crippen molar-refractivity contribution in [3.05, 3.63) is 36.0 Å². The molecule has 0 atom stereocenters. The third-order valence-corrected chi connectivity index (χ3v) is 2.62. The van der Waals surface area contributed by atoms with E-state index in [4.69, 9.17) is 0 Å². The summed E-state index contributed by atoms with van der Waals surface area (Å²) in [7, 11) is 0. The van der Waals surface area contributed by atoms with E-state index < -0.39 is 0 Å². The van der Waals surface area contributed by atoms with E-state index in [-0.39, 0.29) is 5.91 Å². The van der Waals surface area contributed by atoms with Gasteiger partial charge >= 0.3 is 0 Å². The zero-order valence-corrected chi connectivity index (χ0v) is 10.6. The van der Waals surface area contributed by atoms with Crippen LogP contribution >= 0.6 is 0 Å². The van der Waals surface area contributed by atoms with E-state index in [1.165, 1.54) is 11.8 Å². The quantitative estimate of drug-likeness (QED) is 0.661. The molecular formula is C12H13N6O+. The molecule has 0 aliphatic rings. The van der Waals surface area contributed by atoms with Crippen LogP contribution in [0.5, 0.6) is 0 Å². The summed E-state index contributed by atoms with van der Waals surface area (Å²) >= 11 is 0. The summed E-state index contributed by atoms with van der Waals surface area (Å²) in [6.45, 7) is 3.35. The van der Waals surface area contributed by atoms with Crippen LogP contribution in [0.4, 0.5) is 5.82 Å². The molecular weight excluding hydrogens is 244 g/mol. The van der Waals surface area contributed by atoms with Crippen molar-refractivity contribution in [2.75, 3.05) is 5.32 Å². The smallest absolute Gasteiger partial charge is 0.261 e. The molecule has 1 amide bonds. The van der Waals surface area contributed by atoms with Crippen molar-refractivity contribution in [1.82, 2.24) is 20.2 Å². The summed E-state index contributed by atoms with van der Waals surface area (Å²) in [5.74, 6) is 0.440. The third-order valence-electron chi connectivity index (χ3n) is 2.62. The molecule has 0 saturated heterocycles. The van der Waals surface area contributed by atoms with Gasteiger partial charge in [0.2, 0.25) is 5.82 Å². The number of anilines is 1. The zero-order chi connectivity index (χ0) is 13.4. The van der Waals surface area contributed by atoms with Gasteiger partial charge in [-0.3, -0.25) is 10.1 Å². The maximum Gasteiger partial charge on any atom is 0.263 e. The number of rotatable bonds is 2. The second-order valence-corrected chi connectivity index (χ2v) is 4.27. The molecule has 0 aliphatic carbocycles. The number of carbonyl (C=O) groups is 1. The lowest BCUT2D eigenvalue weighted by molar-refractivity contribution is -0.781. The van der Waals surface area contributed by atoms with Gasteiger partial charge < -0.3 is 0 Å². The Morgan fingerprint density at radius 3 is 2.53 bits per heavy atom. The van der Waals surface area contributed by atoms with Gasteiger partial charge in [0.15, 0.2) is 11.0 Å². The van der Waals surface area contributed by atoms with Gasteiger partial charge in [-0.05, 0) is 29.3 Å². The lowest BCUT2D eigenvalue weighted by atomic mass is 10.3. The van der Waals surface area contributed by atoms with Crippen LogP contribution in [0, 0.1) is 6.92 Å². The fourth-order valence-electron chi connectivity index (χ4n) is 1.87. The predicted molar refractivity (Wildman–Crippen MR) is 68.4 cm³/mol. The van der Waals surface area contributed by atoms with E-state index in [1.54, 1.807) is 4.79 Å². The van der Waals surface area contributed by atoms with E-state index in [9.17, 15) is 4.79 Å². The molecule has 0 aliphatic heterocycles. The van der Waals surface area contributed by atoms with Gasteiger partial charge in [-0.1, -0.05) is 16.9 Å². The molecule has 0 unspecified atom stereocenters. The van der Waals surface area contributed by atoms with Crippen molar-refractivity contribution in [2.45, 2.75) is 13.8 Å². The molecule has 0 saturated carbocycles. The molecule has 7 heteroatoms. The highest BCUT2D eigenvalue weighted by Gasteiger charge is 2.17. The Hall–Kier alpha value is -2.70. The molecule has 2 aromatic heterocycles. The van der Waals surface area contributed by atoms with Crippen LogP contribution in [0.15, 0.2) is 30.3 Å². The minimum atomic E-state index is -0.149. The van der Waals surface area contributed by atoms with Gasteiger partial charge in [-0.15, -0.1) is 0 Å². The van der Waals surface area contributed by atoms with Crippen molar-refractivity contribution in [2.24, 2.45) is 0 Å². The SMILES string of the molecule is CC(=O)Nc1cc(C)[nH][n+]1-n1nc2ccccc2n1. The van der Waals surface area contributed by atoms with Crippen LogP contribution in [-0.2, 0) is 4.79 Å². The molecule has 96 valence electrons. The monoisotopic (exact) mass is 257 g/mol. The van der Waals surface area contributed by atoms with E-state index in [2.05, 4.69) is 20.6 Å². The fourth-order valence-corrected chi connectivity index (χ4v) is 1.87. The summed E-state index contributed by atoms with van der Waals surface area (Å²) < 4.78 is 0. The Morgan fingerprint density at radius 1 is 1.32 bits per heavy atom. The minimum Gasteiger partial charge on any atom is -0.261 e. The molecule has 0 radical (unpaired) electrons. The summed E-state index contributed by atoms with van der Waals surface area (Å²) in [5, 5.41) is 14.5. The van der Waals surface area contributed by atoms with E-state index in [0.717, 1.165) is 16.7 Å². The Labute approximate surface area is 108 Å². The van der Waals surface area contributed by atoms with Gasteiger partial charge in [-0.25, -0.2) is 5.10 Å². The maximum atomic E-state index is 11.2. The molecule has 2 heterocycles. The lowest BCUT2D eigenvalue weighted by Crippen LogP contribution is -2.48. The number of aromatic nitrogens is 5. The Bertz CT molecular complexity index is 724. The van der Waals surface area contributed by atoms with Crippen molar-refractivity contribution >= 4 is 22.8 Å². The van der Waals surface area contributed by atoms with E-state index in [0.29, 0.717) is 5.82 Å². The first-order chi connectivity index (χ1) is 9.13. The first-order valence-corrected chi connectivity index (χ1v) is 5.85. The average molecular weight is 257 g/mol. The number of carbonyl (C=O) groups excluding carboxylic acids is 1. The number of aromatic amines is 1. The topological polar surface area (TPSA) is 79.5 Å². The standard InChI is InChI=1S/C12H12N6O/c1-8-7-12(13-9(2)19)17(14-8)18-15-10-5-3-4-6-11(10)16-18/h3-7H,1-2H3,(H,13,14,19)/p+1. The fraction of sp³-hybridized carbons (Fsp3) is 0.167. The molecule has 0 spiro atoms. The van der Waals surface area contributed by atoms with Gasteiger partial charge in [0.1, 0.15) is 0 Å². The Morgan fingerprint density at radius 2 is 1.95 bits per heavy atom. The van der Waals surface area contributed by atoms with Crippen molar-refractivity contribution in [3.63, 3.8) is 0 Å². The van der Waals surface area contributed by atoms with Gasteiger partial charge in [0.25, 0.3) is 5.91 Å². The molecule has 2 N–H and O–H groups in total. The molecule has 19 heavy (non-hydrogen) atoms. The van der Waals surface area contributed by atoms with Crippen molar-refractivity contribution in [3.8, 4) is 0 Å². The second kappa shape index (κ2) is 4.20. The first kappa shape index (κ1) is 11.4. The van der Waals surface area contributed by atoms with Gasteiger partial charge in [-0.2, -0.15) is 0 Å². The van der Waals surface area contributed by atoms with Crippen LogP contribution in [0.2, 0.25) is 0 Å². The lowest BCUT2D eigenvalue weighted by Gasteiger charge is -1.97. The molecule has 1 aromatic carbocycles. The van der Waals surface area contributed by atoms with E-state index >= 15 is 0 Å². The predicted octanol–water partition coefficient (Wildman–Crippen LogP) is 0.625. The number of nitrogens with zero attached hydrogens (tertiary/aromatic N) is 4. The second-order valence-electron chi connectivity index (χ2n) is 4.27. The number of benzene rings is 1. The summed E-state index contributed by atoms with van der Waals surface area (Å²) in [6.07, 6.45) is 0. The normalized spacial score (nSPS) is 10.8. The number of hydrogen-bond donors (Lipinski definition) is 2. The molecule has 7 nitrogen and oxygen atoms in total. The minimum absolute atomic E-state index is 0.149. The van der Waals surface area contributed by atoms with Crippen LogP contribution in [-0.4, -0.2) is 26.1 Å². The maximum absolute atomic E-state index is 11.2. The Kier molecular flexibility index (Phi) is 2.52. The molecule has 3 rings (SSSR count). The van der Waals surface area contributed by atoms with Gasteiger partial charge in [0.05, 0.1) is 4.91 Å². The highest BCUT2D eigenvalue weighted by Crippen LogP contribution is 2.07. The number of hydrogen-bond acceptors (Lipinski definition) is 3. The van der Waals surface area contributed by atoms with Crippen molar-refractivity contribution in [1.29, 1.82) is 0 Å². The van der Waals surface area contributed by atoms with Crippen molar-refractivity contribution < 1.29 is 9.59 Å². The number of fused-ring (bicyclic) bond motifs is 1. The summed E-state index contributed by atoms with van der Waals surface area (Å²) in [5.41, 5.74) is 2.47. The highest BCUT2D eigenvalue weighted by molar-refractivity contribution is 5.86. The number of nitrogens with one attached hydrogen (secondary N) is 2. The number of H-pyrrole nitrogens is 1. The zero-order valence-electron chi connectivity index (χ0n) is 10.6. The Balaban J connectivity index is 2.12. The summed E-state index contributed by atoms with van der Waals surface area (Å²) in [4.78, 5) is 14.2. The molecule has 0 bridgehead atoms. The van der Waals surface area contributed by atoms with Gasteiger partial charge in [0, 0.05) is 18.7 Å². The van der Waals surface area contributed by atoms with Crippen LogP contribution in [0.3, 0.4) is 0 Å². The average Bonchev–Trinajstić information content (AvgIpc) is 2.91. The van der Waals surface area contributed by atoms with E-state index in [1.807, 2.05) is 37.3 Å². The van der Waals surface area contributed by atoms with Crippen LogP contribution < -0.4 is 10.1 Å². The number of aryl methyl sites for hydroxylation is 1. The highest BCUT2D eigenvalue weighted by atomic mass is 16.1. The molecule has 0 fully saturated rings. The van der Waals surface area contributed by atoms with Crippen LogP contribution in [0.25, 0.3) is 11.0 Å². The van der Waals surface area contributed by atoms with Crippen LogP contribution in [0.1, 0.15) is 12.6 Å².